The molecule has 0 radical (unpaired) electrons. The molecule has 0 amide bonds. The summed E-state index contributed by atoms with van der Waals surface area (Å²) in [6.07, 6.45) is -3.90. The van der Waals surface area contributed by atoms with E-state index in [2.05, 4.69) is 4.74 Å². The van der Waals surface area contributed by atoms with Crippen molar-refractivity contribution in [2.75, 3.05) is 6.54 Å². The summed E-state index contributed by atoms with van der Waals surface area (Å²) in [5.74, 6) is 5.40. The van der Waals surface area contributed by atoms with Crippen LogP contribution in [-0.2, 0) is 13.0 Å². The van der Waals surface area contributed by atoms with Gasteiger partial charge in [0, 0.05) is 13.1 Å². The molecule has 0 saturated heterocycles. The highest BCUT2D eigenvalue weighted by Crippen LogP contribution is 2.27. The van der Waals surface area contributed by atoms with Gasteiger partial charge >= 0.3 is 6.36 Å². The topological polar surface area (TPSA) is 38.5 Å². The molecule has 0 aliphatic carbocycles. The van der Waals surface area contributed by atoms with E-state index in [4.69, 9.17) is 5.84 Å². The summed E-state index contributed by atoms with van der Waals surface area (Å²) < 4.78 is 39.8. The molecule has 1 aromatic rings. The number of alkyl halides is 3. The Labute approximate surface area is 90.6 Å². The van der Waals surface area contributed by atoms with Gasteiger partial charge in [-0.15, -0.1) is 13.2 Å². The smallest absolute Gasteiger partial charge is 0.406 e. The molecule has 0 spiro atoms. The Kier molecular flexibility index (Phi) is 2.77. The van der Waals surface area contributed by atoms with E-state index < -0.39 is 6.36 Å². The SMILES string of the molecule is NN1CCc2ccc(OC(F)(F)F)cc2C1. The van der Waals surface area contributed by atoms with Crippen LogP contribution >= 0.6 is 0 Å². The first-order chi connectivity index (χ1) is 7.44. The summed E-state index contributed by atoms with van der Waals surface area (Å²) in [6.45, 7) is 1.16. The molecule has 1 heterocycles. The maximum atomic E-state index is 12.0. The van der Waals surface area contributed by atoms with Crippen LogP contribution in [0.4, 0.5) is 13.2 Å². The molecule has 0 aromatic heterocycles. The van der Waals surface area contributed by atoms with E-state index >= 15 is 0 Å². The van der Waals surface area contributed by atoms with Crippen molar-refractivity contribution < 1.29 is 17.9 Å². The molecule has 0 unspecified atom stereocenters. The summed E-state index contributed by atoms with van der Waals surface area (Å²) in [6, 6.07) is 4.38. The maximum Gasteiger partial charge on any atom is 0.573 e. The van der Waals surface area contributed by atoms with Gasteiger partial charge in [-0.1, -0.05) is 6.07 Å². The minimum Gasteiger partial charge on any atom is -0.406 e. The summed E-state index contributed by atoms with van der Waals surface area (Å²) >= 11 is 0. The summed E-state index contributed by atoms with van der Waals surface area (Å²) in [5.41, 5.74) is 1.81. The van der Waals surface area contributed by atoms with Gasteiger partial charge in [0.15, 0.2) is 0 Å². The molecule has 1 aromatic carbocycles. The van der Waals surface area contributed by atoms with Crippen LogP contribution in [0.15, 0.2) is 18.2 Å². The maximum absolute atomic E-state index is 12.0. The Morgan fingerprint density at radius 3 is 2.69 bits per heavy atom. The number of hydrogen-bond donors (Lipinski definition) is 1. The first-order valence-corrected chi connectivity index (χ1v) is 4.81. The van der Waals surface area contributed by atoms with E-state index in [0.29, 0.717) is 13.1 Å². The Bertz CT molecular complexity index is 392. The van der Waals surface area contributed by atoms with Crippen molar-refractivity contribution >= 4 is 0 Å². The number of nitrogens with two attached hydrogens (primary N) is 1. The highest BCUT2D eigenvalue weighted by molar-refractivity contribution is 5.37. The first-order valence-electron chi connectivity index (χ1n) is 4.81. The van der Waals surface area contributed by atoms with Gasteiger partial charge in [-0.3, -0.25) is 5.84 Å². The van der Waals surface area contributed by atoms with E-state index in [1.807, 2.05) is 0 Å². The van der Waals surface area contributed by atoms with Crippen molar-refractivity contribution in [1.29, 1.82) is 0 Å². The second-order valence-electron chi connectivity index (χ2n) is 3.70. The normalized spacial score (nSPS) is 17.0. The summed E-state index contributed by atoms with van der Waals surface area (Å²) in [5, 5.41) is 1.57. The number of hydrazine groups is 1. The average Bonchev–Trinajstić information content (AvgIpc) is 2.14. The fourth-order valence-electron chi connectivity index (χ4n) is 1.75. The Morgan fingerprint density at radius 2 is 2.00 bits per heavy atom. The lowest BCUT2D eigenvalue weighted by Crippen LogP contribution is -2.36. The molecule has 0 saturated carbocycles. The molecule has 16 heavy (non-hydrogen) atoms. The summed E-state index contributed by atoms with van der Waals surface area (Å²) in [7, 11) is 0. The molecule has 88 valence electrons. The van der Waals surface area contributed by atoms with Gasteiger partial charge in [-0.05, 0) is 29.7 Å². The van der Waals surface area contributed by atoms with Gasteiger partial charge in [0.25, 0.3) is 0 Å². The van der Waals surface area contributed by atoms with E-state index in [1.165, 1.54) is 12.1 Å². The molecule has 1 aliphatic heterocycles. The van der Waals surface area contributed by atoms with Crippen LogP contribution in [0.2, 0.25) is 0 Å². The number of hydrogen-bond acceptors (Lipinski definition) is 3. The number of rotatable bonds is 1. The van der Waals surface area contributed by atoms with Crippen LogP contribution in [0.25, 0.3) is 0 Å². The average molecular weight is 232 g/mol. The van der Waals surface area contributed by atoms with Crippen LogP contribution in [0, 0.1) is 0 Å². The zero-order chi connectivity index (χ0) is 11.8. The number of fused-ring (bicyclic) bond motifs is 1. The molecule has 3 nitrogen and oxygen atoms in total. The van der Waals surface area contributed by atoms with Gasteiger partial charge in [0.1, 0.15) is 5.75 Å². The minimum atomic E-state index is -4.65. The largest absolute Gasteiger partial charge is 0.573 e. The minimum absolute atomic E-state index is 0.193. The molecular weight excluding hydrogens is 221 g/mol. The Hall–Kier alpha value is -1.27. The fraction of sp³-hybridized carbons (Fsp3) is 0.400. The molecule has 0 fully saturated rings. The van der Waals surface area contributed by atoms with Crippen LogP contribution in [0.5, 0.6) is 5.75 Å². The third kappa shape index (κ3) is 2.65. The third-order valence-electron chi connectivity index (χ3n) is 2.45. The molecule has 2 N–H and O–H groups in total. The van der Waals surface area contributed by atoms with Gasteiger partial charge in [-0.25, -0.2) is 5.01 Å². The van der Waals surface area contributed by atoms with Gasteiger partial charge < -0.3 is 4.74 Å². The fourth-order valence-corrected chi connectivity index (χ4v) is 1.75. The quantitative estimate of drug-likeness (QED) is 0.750. The van der Waals surface area contributed by atoms with Crippen molar-refractivity contribution in [3.63, 3.8) is 0 Å². The van der Waals surface area contributed by atoms with Crippen molar-refractivity contribution in [1.82, 2.24) is 5.01 Å². The molecule has 6 heteroatoms. The Morgan fingerprint density at radius 1 is 1.25 bits per heavy atom. The monoisotopic (exact) mass is 232 g/mol. The van der Waals surface area contributed by atoms with Crippen molar-refractivity contribution in [3.05, 3.63) is 29.3 Å². The van der Waals surface area contributed by atoms with Gasteiger partial charge in [0.2, 0.25) is 0 Å². The third-order valence-corrected chi connectivity index (χ3v) is 2.45. The number of benzene rings is 1. The van der Waals surface area contributed by atoms with E-state index in [9.17, 15) is 13.2 Å². The van der Waals surface area contributed by atoms with Crippen LogP contribution in [0.1, 0.15) is 11.1 Å². The first kappa shape index (κ1) is 11.2. The van der Waals surface area contributed by atoms with Crippen molar-refractivity contribution in [3.8, 4) is 5.75 Å². The molecule has 2 rings (SSSR count). The van der Waals surface area contributed by atoms with Crippen LogP contribution in [-0.4, -0.2) is 17.9 Å². The van der Waals surface area contributed by atoms with E-state index in [0.717, 1.165) is 17.5 Å². The van der Waals surface area contributed by atoms with Crippen molar-refractivity contribution in [2.24, 2.45) is 5.84 Å². The van der Waals surface area contributed by atoms with Gasteiger partial charge in [-0.2, -0.15) is 0 Å². The number of ether oxygens (including phenoxy) is 1. The Balaban J connectivity index is 2.21. The summed E-state index contributed by atoms with van der Waals surface area (Å²) in [4.78, 5) is 0. The van der Waals surface area contributed by atoms with Gasteiger partial charge in [0.05, 0.1) is 0 Å². The predicted molar refractivity (Wildman–Crippen MR) is 51.4 cm³/mol. The molecular formula is C10H11F3N2O. The number of halogens is 3. The highest BCUT2D eigenvalue weighted by atomic mass is 19.4. The second kappa shape index (κ2) is 3.95. The lowest BCUT2D eigenvalue weighted by molar-refractivity contribution is -0.274. The van der Waals surface area contributed by atoms with Crippen molar-refractivity contribution in [2.45, 2.75) is 19.3 Å². The lowest BCUT2D eigenvalue weighted by atomic mass is 10.0. The number of nitrogens with zero attached hydrogens (tertiary/aromatic N) is 1. The second-order valence-corrected chi connectivity index (χ2v) is 3.70. The van der Waals surface area contributed by atoms with E-state index in [-0.39, 0.29) is 5.75 Å². The zero-order valence-electron chi connectivity index (χ0n) is 8.42. The van der Waals surface area contributed by atoms with E-state index in [1.54, 1.807) is 11.1 Å². The standard InChI is InChI=1S/C10H11F3N2O/c11-10(12,13)16-9-2-1-7-3-4-15(14)6-8(7)5-9/h1-2,5H,3-4,6,14H2. The molecule has 0 atom stereocenters. The predicted octanol–water partition coefficient (Wildman–Crippen LogP) is 1.82. The van der Waals surface area contributed by atoms with Crippen LogP contribution in [0.3, 0.4) is 0 Å². The highest BCUT2D eigenvalue weighted by Gasteiger charge is 2.31. The molecule has 1 aliphatic rings. The lowest BCUT2D eigenvalue weighted by Gasteiger charge is -2.24. The molecule has 0 bridgehead atoms. The van der Waals surface area contributed by atoms with Crippen LogP contribution < -0.4 is 10.6 Å². The zero-order valence-corrected chi connectivity index (χ0v) is 8.42.